The fourth-order valence-corrected chi connectivity index (χ4v) is 1.90. The fourth-order valence-electron chi connectivity index (χ4n) is 1.90. The second-order valence-electron chi connectivity index (χ2n) is 4.15. The minimum atomic E-state index is 0.473. The molecule has 0 aliphatic heterocycles. The van der Waals surface area contributed by atoms with E-state index < -0.39 is 0 Å². The van der Waals surface area contributed by atoms with Crippen LogP contribution in [0.25, 0.3) is 23.0 Å². The first-order valence-electron chi connectivity index (χ1n) is 6.07. The lowest BCUT2D eigenvalue weighted by Crippen LogP contribution is -1.99. The zero-order chi connectivity index (χ0) is 13.2. The Morgan fingerprint density at radius 3 is 3.00 bits per heavy atom. The summed E-state index contributed by atoms with van der Waals surface area (Å²) in [5, 5.41) is 8.34. The average molecular weight is 255 g/mol. The second kappa shape index (κ2) is 4.64. The van der Waals surface area contributed by atoms with Gasteiger partial charge in [0.25, 0.3) is 5.89 Å². The van der Waals surface area contributed by atoms with E-state index in [0.29, 0.717) is 11.7 Å². The lowest BCUT2D eigenvalue weighted by molar-refractivity contribution is 0.427. The van der Waals surface area contributed by atoms with Gasteiger partial charge in [-0.05, 0) is 32.0 Å². The fraction of sp³-hybridized carbons (Fsp3) is 0.231. The van der Waals surface area contributed by atoms with Crippen molar-refractivity contribution in [2.45, 2.75) is 20.4 Å². The zero-order valence-electron chi connectivity index (χ0n) is 10.7. The number of aromatic nitrogens is 5. The van der Waals surface area contributed by atoms with E-state index in [0.717, 1.165) is 23.5 Å². The molecule has 0 unspecified atom stereocenters. The molecule has 0 aliphatic rings. The van der Waals surface area contributed by atoms with Crippen LogP contribution in [-0.4, -0.2) is 24.9 Å². The Kier molecular flexibility index (Phi) is 2.83. The highest BCUT2D eigenvalue weighted by molar-refractivity contribution is 5.56. The monoisotopic (exact) mass is 255 g/mol. The van der Waals surface area contributed by atoms with Gasteiger partial charge in [0, 0.05) is 24.5 Å². The van der Waals surface area contributed by atoms with Crippen LogP contribution in [0.4, 0.5) is 0 Å². The van der Waals surface area contributed by atoms with Crippen LogP contribution in [0.15, 0.2) is 35.1 Å². The topological polar surface area (TPSA) is 69.6 Å². The predicted octanol–water partition coefficient (Wildman–Crippen LogP) is 2.32. The van der Waals surface area contributed by atoms with Crippen molar-refractivity contribution in [3.05, 3.63) is 36.3 Å². The van der Waals surface area contributed by atoms with Crippen molar-refractivity contribution in [2.75, 3.05) is 0 Å². The van der Waals surface area contributed by atoms with Crippen molar-refractivity contribution in [1.29, 1.82) is 0 Å². The van der Waals surface area contributed by atoms with Crippen LogP contribution in [0.2, 0.25) is 0 Å². The van der Waals surface area contributed by atoms with Crippen molar-refractivity contribution in [1.82, 2.24) is 24.9 Å². The Labute approximate surface area is 110 Å². The third-order valence-corrected chi connectivity index (χ3v) is 2.77. The third kappa shape index (κ3) is 2.12. The van der Waals surface area contributed by atoms with Gasteiger partial charge in [-0.15, -0.1) is 0 Å². The molecule has 3 aromatic heterocycles. The van der Waals surface area contributed by atoms with E-state index in [4.69, 9.17) is 4.52 Å². The van der Waals surface area contributed by atoms with Gasteiger partial charge in [0.15, 0.2) is 0 Å². The summed E-state index contributed by atoms with van der Waals surface area (Å²) in [6.07, 6.45) is 3.41. The molecule has 0 aromatic carbocycles. The van der Waals surface area contributed by atoms with Gasteiger partial charge in [-0.3, -0.25) is 9.67 Å². The molecule has 6 nitrogen and oxygen atoms in total. The standard InChI is InChI=1S/C13H13N5O/c1-3-18-11(7-9(2)16-18)13-15-12(17-19-13)10-5-4-6-14-8-10/h4-8H,3H2,1-2H3. The van der Waals surface area contributed by atoms with Crippen LogP contribution in [0.3, 0.4) is 0 Å². The van der Waals surface area contributed by atoms with Gasteiger partial charge in [0.1, 0.15) is 5.69 Å². The molecule has 6 heteroatoms. The quantitative estimate of drug-likeness (QED) is 0.718. The number of hydrogen-bond acceptors (Lipinski definition) is 5. The van der Waals surface area contributed by atoms with Crippen LogP contribution in [0, 0.1) is 6.92 Å². The molecule has 0 radical (unpaired) electrons. The van der Waals surface area contributed by atoms with Gasteiger partial charge >= 0.3 is 0 Å². The Morgan fingerprint density at radius 2 is 2.26 bits per heavy atom. The van der Waals surface area contributed by atoms with Crippen molar-refractivity contribution in [3.8, 4) is 23.0 Å². The van der Waals surface area contributed by atoms with E-state index in [-0.39, 0.29) is 0 Å². The molecule has 0 N–H and O–H groups in total. The van der Waals surface area contributed by atoms with Gasteiger partial charge < -0.3 is 4.52 Å². The van der Waals surface area contributed by atoms with Gasteiger partial charge in [-0.25, -0.2) is 0 Å². The predicted molar refractivity (Wildman–Crippen MR) is 69.2 cm³/mol. The molecule has 3 heterocycles. The number of hydrogen-bond donors (Lipinski definition) is 0. The highest BCUT2D eigenvalue weighted by Gasteiger charge is 2.15. The first-order chi connectivity index (χ1) is 9.28. The summed E-state index contributed by atoms with van der Waals surface area (Å²) in [5.74, 6) is 1.01. The minimum Gasteiger partial charge on any atom is -0.332 e. The Balaban J connectivity index is 2.01. The molecule has 96 valence electrons. The molecular weight excluding hydrogens is 242 g/mol. The maximum Gasteiger partial charge on any atom is 0.276 e. The van der Waals surface area contributed by atoms with Crippen LogP contribution < -0.4 is 0 Å². The van der Waals surface area contributed by atoms with E-state index in [9.17, 15) is 0 Å². The third-order valence-electron chi connectivity index (χ3n) is 2.77. The normalized spacial score (nSPS) is 10.8. The van der Waals surface area contributed by atoms with Crippen LogP contribution >= 0.6 is 0 Å². The molecule has 0 atom stereocenters. The lowest BCUT2D eigenvalue weighted by atomic mass is 10.3. The molecule has 3 rings (SSSR count). The van der Waals surface area contributed by atoms with Gasteiger partial charge in [-0.1, -0.05) is 5.16 Å². The molecule has 0 saturated carbocycles. The number of rotatable bonds is 3. The summed E-state index contributed by atoms with van der Waals surface area (Å²) in [7, 11) is 0. The maximum absolute atomic E-state index is 5.31. The molecule has 0 aliphatic carbocycles. The Bertz CT molecular complexity index is 686. The molecule has 0 amide bonds. The number of pyridine rings is 1. The summed E-state index contributed by atoms with van der Waals surface area (Å²) < 4.78 is 7.15. The van der Waals surface area contributed by atoms with Crippen molar-refractivity contribution >= 4 is 0 Å². The van der Waals surface area contributed by atoms with E-state index in [1.54, 1.807) is 12.4 Å². The van der Waals surface area contributed by atoms with Crippen LogP contribution in [0.1, 0.15) is 12.6 Å². The Morgan fingerprint density at radius 1 is 1.37 bits per heavy atom. The molecular formula is C13H13N5O. The maximum atomic E-state index is 5.31. The molecule has 0 fully saturated rings. The van der Waals surface area contributed by atoms with Gasteiger partial charge in [0.2, 0.25) is 5.82 Å². The van der Waals surface area contributed by atoms with Crippen LogP contribution in [-0.2, 0) is 6.54 Å². The summed E-state index contributed by atoms with van der Waals surface area (Å²) in [5.41, 5.74) is 2.59. The van der Waals surface area contributed by atoms with E-state index in [2.05, 4.69) is 20.2 Å². The van der Waals surface area contributed by atoms with E-state index >= 15 is 0 Å². The SMILES string of the molecule is CCn1nc(C)cc1-c1nc(-c2cccnc2)no1. The first-order valence-corrected chi connectivity index (χ1v) is 6.07. The minimum absolute atomic E-state index is 0.473. The molecule has 19 heavy (non-hydrogen) atoms. The van der Waals surface area contributed by atoms with Crippen molar-refractivity contribution < 1.29 is 4.52 Å². The van der Waals surface area contributed by atoms with Crippen molar-refractivity contribution in [3.63, 3.8) is 0 Å². The largest absolute Gasteiger partial charge is 0.332 e. The van der Waals surface area contributed by atoms with Crippen molar-refractivity contribution in [2.24, 2.45) is 0 Å². The number of nitrogens with zero attached hydrogens (tertiary/aromatic N) is 5. The molecule has 0 bridgehead atoms. The number of aryl methyl sites for hydroxylation is 2. The summed E-state index contributed by atoms with van der Waals surface area (Å²) in [4.78, 5) is 8.44. The second-order valence-corrected chi connectivity index (χ2v) is 4.15. The Hall–Kier alpha value is -2.50. The highest BCUT2D eigenvalue weighted by atomic mass is 16.5. The molecule has 3 aromatic rings. The first kappa shape index (κ1) is 11.6. The summed E-state index contributed by atoms with van der Waals surface area (Å²) in [6, 6.07) is 5.67. The summed E-state index contributed by atoms with van der Waals surface area (Å²) >= 11 is 0. The summed E-state index contributed by atoms with van der Waals surface area (Å²) in [6.45, 7) is 4.72. The zero-order valence-corrected chi connectivity index (χ0v) is 10.7. The van der Waals surface area contributed by atoms with Gasteiger partial charge in [0.05, 0.1) is 5.69 Å². The lowest BCUT2D eigenvalue weighted by Gasteiger charge is -1.98. The van der Waals surface area contributed by atoms with E-state index in [1.165, 1.54) is 0 Å². The smallest absolute Gasteiger partial charge is 0.276 e. The van der Waals surface area contributed by atoms with E-state index in [1.807, 2.05) is 36.7 Å². The average Bonchev–Trinajstić information content (AvgIpc) is 3.05. The van der Waals surface area contributed by atoms with Gasteiger partial charge in [-0.2, -0.15) is 10.1 Å². The van der Waals surface area contributed by atoms with Crippen LogP contribution in [0.5, 0.6) is 0 Å². The molecule has 0 spiro atoms. The molecule has 0 saturated heterocycles. The highest BCUT2D eigenvalue weighted by Crippen LogP contribution is 2.22.